The van der Waals surface area contributed by atoms with Crippen LogP contribution in [-0.2, 0) is 4.79 Å². The minimum atomic E-state index is -0.163. The summed E-state index contributed by atoms with van der Waals surface area (Å²) in [5, 5.41) is 13.4. The lowest BCUT2D eigenvalue weighted by Gasteiger charge is -2.45. The molecule has 3 aliphatic rings. The summed E-state index contributed by atoms with van der Waals surface area (Å²) in [4.78, 5) is 14.3. The molecule has 0 radical (unpaired) electrons. The van der Waals surface area contributed by atoms with Crippen LogP contribution in [0, 0.1) is 11.8 Å². The van der Waals surface area contributed by atoms with Crippen molar-refractivity contribution >= 4 is 5.91 Å². The molecule has 2 N–H and O–H groups in total. The van der Waals surface area contributed by atoms with Crippen molar-refractivity contribution in [3.63, 3.8) is 0 Å². The first-order valence-corrected chi connectivity index (χ1v) is 6.96. The van der Waals surface area contributed by atoms with Gasteiger partial charge in [-0.15, -0.1) is 0 Å². The molecular formula is C13H22N2O2. The number of aliphatic hydroxyl groups excluding tert-OH is 1. The van der Waals surface area contributed by atoms with Crippen molar-refractivity contribution in [1.29, 1.82) is 0 Å². The van der Waals surface area contributed by atoms with Crippen molar-refractivity contribution in [2.75, 3.05) is 19.6 Å². The third-order valence-electron chi connectivity index (χ3n) is 4.70. The number of aliphatic hydroxyl groups is 1. The molecule has 2 aliphatic heterocycles. The van der Waals surface area contributed by atoms with E-state index in [-0.39, 0.29) is 18.1 Å². The monoisotopic (exact) mass is 238 g/mol. The summed E-state index contributed by atoms with van der Waals surface area (Å²) in [6.07, 6.45) is 5.31. The summed E-state index contributed by atoms with van der Waals surface area (Å²) in [6.45, 7) is 2.52. The largest absolute Gasteiger partial charge is 0.392 e. The van der Waals surface area contributed by atoms with E-state index in [0.717, 1.165) is 45.3 Å². The van der Waals surface area contributed by atoms with Crippen molar-refractivity contribution in [3.8, 4) is 0 Å². The molecule has 2 heterocycles. The lowest BCUT2D eigenvalue weighted by Crippen LogP contribution is -2.56. The van der Waals surface area contributed by atoms with Crippen LogP contribution in [-0.4, -0.2) is 47.7 Å². The number of rotatable bonds is 1. The molecule has 3 atom stereocenters. The molecule has 2 unspecified atom stereocenters. The Morgan fingerprint density at radius 3 is 2.41 bits per heavy atom. The van der Waals surface area contributed by atoms with E-state index in [0.29, 0.717) is 11.8 Å². The van der Waals surface area contributed by atoms with Crippen LogP contribution in [0.2, 0.25) is 0 Å². The maximum atomic E-state index is 12.3. The zero-order chi connectivity index (χ0) is 11.8. The zero-order valence-corrected chi connectivity index (χ0v) is 10.3. The van der Waals surface area contributed by atoms with E-state index < -0.39 is 0 Å². The molecular weight excluding hydrogens is 216 g/mol. The highest BCUT2D eigenvalue weighted by molar-refractivity contribution is 5.82. The van der Waals surface area contributed by atoms with Gasteiger partial charge in [-0.25, -0.2) is 0 Å². The standard InChI is InChI=1S/C13H22N2O2/c16-12-9-3-1-4-10(12)8-15(7-9)13(17)11-5-2-6-14-11/h9-12,14,16H,1-8H2/t9?,10?,11-,12?/m0/s1. The molecule has 1 saturated carbocycles. The van der Waals surface area contributed by atoms with Crippen LogP contribution in [0.3, 0.4) is 0 Å². The van der Waals surface area contributed by atoms with Crippen LogP contribution in [0.1, 0.15) is 32.1 Å². The van der Waals surface area contributed by atoms with E-state index in [1.165, 1.54) is 6.42 Å². The zero-order valence-electron chi connectivity index (χ0n) is 10.3. The molecule has 1 aliphatic carbocycles. The second-order valence-corrected chi connectivity index (χ2v) is 5.83. The molecule has 0 aromatic carbocycles. The van der Waals surface area contributed by atoms with Gasteiger partial charge >= 0.3 is 0 Å². The third kappa shape index (κ3) is 2.08. The van der Waals surface area contributed by atoms with Gasteiger partial charge in [-0.2, -0.15) is 0 Å². The summed E-state index contributed by atoms with van der Waals surface area (Å²) in [6, 6.07) is 0.0472. The number of nitrogens with zero attached hydrogens (tertiary/aromatic N) is 1. The average Bonchev–Trinajstić information content (AvgIpc) is 2.81. The van der Waals surface area contributed by atoms with Crippen LogP contribution in [0.4, 0.5) is 0 Å². The summed E-state index contributed by atoms with van der Waals surface area (Å²) in [5.74, 6) is 0.923. The fourth-order valence-electron chi connectivity index (χ4n) is 3.70. The molecule has 17 heavy (non-hydrogen) atoms. The summed E-state index contributed by atoms with van der Waals surface area (Å²) >= 11 is 0. The smallest absolute Gasteiger partial charge is 0.239 e. The molecule has 4 heteroatoms. The topological polar surface area (TPSA) is 52.6 Å². The Kier molecular flexibility index (Phi) is 3.09. The van der Waals surface area contributed by atoms with Gasteiger partial charge in [0.05, 0.1) is 12.1 Å². The first-order chi connectivity index (χ1) is 8.25. The normalized spacial score (nSPS) is 41.6. The highest BCUT2D eigenvalue weighted by Gasteiger charge is 2.41. The van der Waals surface area contributed by atoms with Crippen LogP contribution >= 0.6 is 0 Å². The number of hydrogen-bond acceptors (Lipinski definition) is 3. The van der Waals surface area contributed by atoms with Gasteiger partial charge in [0.25, 0.3) is 0 Å². The summed E-state index contributed by atoms with van der Waals surface area (Å²) < 4.78 is 0. The maximum absolute atomic E-state index is 12.3. The predicted octanol–water partition coefficient (Wildman–Crippen LogP) is 0.358. The lowest BCUT2D eigenvalue weighted by atomic mass is 9.75. The van der Waals surface area contributed by atoms with Crippen molar-refractivity contribution in [1.82, 2.24) is 10.2 Å². The number of hydrogen-bond donors (Lipinski definition) is 2. The maximum Gasteiger partial charge on any atom is 0.239 e. The van der Waals surface area contributed by atoms with Crippen molar-refractivity contribution in [3.05, 3.63) is 0 Å². The highest BCUT2D eigenvalue weighted by atomic mass is 16.3. The fraction of sp³-hybridized carbons (Fsp3) is 0.923. The summed E-state index contributed by atoms with van der Waals surface area (Å²) in [5.41, 5.74) is 0. The number of fused-ring (bicyclic) bond motifs is 2. The van der Waals surface area contributed by atoms with E-state index in [4.69, 9.17) is 0 Å². The highest BCUT2D eigenvalue weighted by Crippen LogP contribution is 2.35. The number of carbonyl (C=O) groups excluding carboxylic acids is 1. The van der Waals surface area contributed by atoms with Crippen LogP contribution < -0.4 is 5.32 Å². The molecule has 2 bridgehead atoms. The molecule has 3 fully saturated rings. The molecule has 0 aromatic heterocycles. The SMILES string of the molecule is O=C([C@@H]1CCCN1)N1CC2CCCC(C1)C2O. The number of carbonyl (C=O) groups is 1. The molecule has 4 nitrogen and oxygen atoms in total. The Morgan fingerprint density at radius 2 is 1.82 bits per heavy atom. The predicted molar refractivity (Wildman–Crippen MR) is 64.4 cm³/mol. The molecule has 0 spiro atoms. The summed E-state index contributed by atoms with van der Waals surface area (Å²) in [7, 11) is 0. The Labute approximate surface area is 102 Å². The van der Waals surface area contributed by atoms with Gasteiger partial charge in [0.1, 0.15) is 0 Å². The minimum Gasteiger partial charge on any atom is -0.392 e. The fourth-order valence-corrected chi connectivity index (χ4v) is 3.70. The molecule has 2 saturated heterocycles. The minimum absolute atomic E-state index is 0.0472. The Balaban J connectivity index is 1.66. The Bertz CT molecular complexity index is 288. The number of likely N-dealkylation sites (tertiary alicyclic amines) is 1. The first kappa shape index (κ1) is 11.5. The third-order valence-corrected chi connectivity index (χ3v) is 4.70. The number of amides is 1. The van der Waals surface area contributed by atoms with E-state index in [2.05, 4.69) is 5.32 Å². The van der Waals surface area contributed by atoms with Crippen molar-refractivity contribution < 1.29 is 9.90 Å². The Morgan fingerprint density at radius 1 is 1.12 bits per heavy atom. The van der Waals surface area contributed by atoms with Gasteiger partial charge in [0, 0.05) is 24.9 Å². The van der Waals surface area contributed by atoms with Gasteiger partial charge in [0.15, 0.2) is 0 Å². The second-order valence-electron chi connectivity index (χ2n) is 5.83. The number of nitrogens with one attached hydrogen (secondary N) is 1. The van der Waals surface area contributed by atoms with Gasteiger partial charge < -0.3 is 15.3 Å². The Hall–Kier alpha value is -0.610. The second kappa shape index (κ2) is 4.58. The lowest BCUT2D eigenvalue weighted by molar-refractivity contribution is -0.141. The van der Waals surface area contributed by atoms with Crippen molar-refractivity contribution in [2.45, 2.75) is 44.2 Å². The number of piperidine rings is 1. The van der Waals surface area contributed by atoms with Crippen LogP contribution in [0.25, 0.3) is 0 Å². The van der Waals surface area contributed by atoms with E-state index in [1.54, 1.807) is 0 Å². The van der Waals surface area contributed by atoms with Gasteiger partial charge in [-0.05, 0) is 32.2 Å². The van der Waals surface area contributed by atoms with Crippen molar-refractivity contribution in [2.24, 2.45) is 11.8 Å². The van der Waals surface area contributed by atoms with Gasteiger partial charge in [0.2, 0.25) is 5.91 Å². The van der Waals surface area contributed by atoms with E-state index in [9.17, 15) is 9.90 Å². The first-order valence-electron chi connectivity index (χ1n) is 6.96. The average molecular weight is 238 g/mol. The molecule has 1 amide bonds. The van der Waals surface area contributed by atoms with E-state index in [1.807, 2.05) is 4.90 Å². The van der Waals surface area contributed by atoms with Crippen LogP contribution in [0.15, 0.2) is 0 Å². The van der Waals surface area contributed by atoms with Crippen LogP contribution in [0.5, 0.6) is 0 Å². The quantitative estimate of drug-likeness (QED) is 0.693. The molecule has 96 valence electrons. The molecule has 3 rings (SSSR count). The molecule has 0 aromatic rings. The van der Waals surface area contributed by atoms with Gasteiger partial charge in [-0.3, -0.25) is 4.79 Å². The van der Waals surface area contributed by atoms with Gasteiger partial charge in [-0.1, -0.05) is 6.42 Å². The van der Waals surface area contributed by atoms with E-state index >= 15 is 0 Å².